The van der Waals surface area contributed by atoms with Crippen LogP contribution in [0.3, 0.4) is 0 Å². The zero-order valence-corrected chi connectivity index (χ0v) is 12.6. The molecule has 0 bridgehead atoms. The van der Waals surface area contributed by atoms with E-state index in [1.807, 2.05) is 0 Å². The van der Waals surface area contributed by atoms with Gasteiger partial charge in [-0.25, -0.2) is 4.39 Å². The summed E-state index contributed by atoms with van der Waals surface area (Å²) in [5.41, 5.74) is 1.01. The van der Waals surface area contributed by atoms with Crippen molar-refractivity contribution in [3.8, 4) is 0 Å². The lowest BCUT2D eigenvalue weighted by molar-refractivity contribution is 0.101. The van der Waals surface area contributed by atoms with Gasteiger partial charge in [0.2, 0.25) is 0 Å². The maximum Gasteiger partial charge on any atom is 0.161 e. The first-order valence-electron chi connectivity index (χ1n) is 7.95. The fourth-order valence-corrected chi connectivity index (χ4v) is 3.65. The third kappa shape index (κ3) is 2.95. The van der Waals surface area contributed by atoms with Crippen molar-refractivity contribution in [2.45, 2.75) is 38.6 Å². The Balaban J connectivity index is 1.78. The lowest BCUT2D eigenvalue weighted by Crippen LogP contribution is -2.41. The average Bonchev–Trinajstić information content (AvgIpc) is 2.97. The van der Waals surface area contributed by atoms with Gasteiger partial charge in [-0.15, -0.1) is 0 Å². The van der Waals surface area contributed by atoms with E-state index in [1.165, 1.54) is 32.3 Å². The zero-order chi connectivity index (χ0) is 14.8. The Morgan fingerprint density at radius 1 is 1.19 bits per heavy atom. The van der Waals surface area contributed by atoms with Crippen LogP contribution in [0.4, 0.5) is 10.1 Å². The Hall–Kier alpha value is -1.42. The number of anilines is 1. The van der Waals surface area contributed by atoms with Crippen molar-refractivity contribution in [3.05, 3.63) is 29.6 Å². The quantitative estimate of drug-likeness (QED) is 0.799. The van der Waals surface area contributed by atoms with Crippen molar-refractivity contribution in [2.75, 3.05) is 31.1 Å². The van der Waals surface area contributed by atoms with E-state index in [-0.39, 0.29) is 11.6 Å². The van der Waals surface area contributed by atoms with Crippen LogP contribution in [0, 0.1) is 5.82 Å². The SMILES string of the molecule is CC(=O)c1cccc(F)c1N1CCC(N2CCCCC2)C1. The molecule has 0 amide bonds. The number of likely N-dealkylation sites (tertiary alicyclic amines) is 1. The maximum absolute atomic E-state index is 14.2. The summed E-state index contributed by atoms with van der Waals surface area (Å²) in [7, 11) is 0. The zero-order valence-electron chi connectivity index (χ0n) is 12.6. The highest BCUT2D eigenvalue weighted by Crippen LogP contribution is 2.30. The summed E-state index contributed by atoms with van der Waals surface area (Å²) in [6, 6.07) is 5.31. The van der Waals surface area contributed by atoms with Crippen LogP contribution >= 0.6 is 0 Å². The van der Waals surface area contributed by atoms with E-state index in [2.05, 4.69) is 9.80 Å². The van der Waals surface area contributed by atoms with Gasteiger partial charge in [0.15, 0.2) is 5.78 Å². The van der Waals surface area contributed by atoms with Crippen molar-refractivity contribution >= 4 is 11.5 Å². The first-order valence-corrected chi connectivity index (χ1v) is 7.95. The summed E-state index contributed by atoms with van der Waals surface area (Å²) in [6.45, 7) is 5.50. The predicted octanol–water partition coefficient (Wildman–Crippen LogP) is 3.09. The van der Waals surface area contributed by atoms with Gasteiger partial charge in [-0.2, -0.15) is 0 Å². The van der Waals surface area contributed by atoms with E-state index in [1.54, 1.807) is 12.1 Å². The van der Waals surface area contributed by atoms with E-state index < -0.39 is 0 Å². The highest BCUT2D eigenvalue weighted by Gasteiger charge is 2.31. The van der Waals surface area contributed by atoms with Gasteiger partial charge in [0.05, 0.1) is 5.69 Å². The lowest BCUT2D eigenvalue weighted by atomic mass is 10.1. The number of nitrogens with zero attached hydrogens (tertiary/aromatic N) is 2. The van der Waals surface area contributed by atoms with E-state index in [0.29, 0.717) is 17.3 Å². The predicted molar refractivity (Wildman–Crippen MR) is 82.4 cm³/mol. The molecule has 2 aliphatic rings. The molecule has 114 valence electrons. The van der Waals surface area contributed by atoms with E-state index in [0.717, 1.165) is 32.6 Å². The van der Waals surface area contributed by atoms with Crippen molar-refractivity contribution in [2.24, 2.45) is 0 Å². The first-order chi connectivity index (χ1) is 10.2. The molecule has 2 fully saturated rings. The number of hydrogen-bond donors (Lipinski definition) is 0. The number of halogens is 1. The largest absolute Gasteiger partial charge is 0.367 e. The Bertz CT molecular complexity index is 526. The number of Topliss-reactive ketones (excluding diaryl/α,β-unsaturated/α-hetero) is 1. The number of benzene rings is 1. The van der Waals surface area contributed by atoms with Crippen molar-refractivity contribution in [1.82, 2.24) is 4.90 Å². The van der Waals surface area contributed by atoms with Crippen LogP contribution in [0.15, 0.2) is 18.2 Å². The Morgan fingerprint density at radius 3 is 2.67 bits per heavy atom. The van der Waals surface area contributed by atoms with Gasteiger partial charge in [0.25, 0.3) is 0 Å². The number of para-hydroxylation sites is 1. The Kier molecular flexibility index (Phi) is 4.24. The Morgan fingerprint density at radius 2 is 1.95 bits per heavy atom. The molecule has 0 saturated carbocycles. The summed E-state index contributed by atoms with van der Waals surface area (Å²) in [5, 5.41) is 0. The maximum atomic E-state index is 14.2. The second-order valence-electron chi connectivity index (χ2n) is 6.18. The van der Waals surface area contributed by atoms with Crippen molar-refractivity contribution in [1.29, 1.82) is 0 Å². The highest BCUT2D eigenvalue weighted by molar-refractivity contribution is 5.99. The molecule has 4 heteroatoms. The number of ketones is 1. The average molecular weight is 290 g/mol. The summed E-state index contributed by atoms with van der Waals surface area (Å²) >= 11 is 0. The lowest BCUT2D eigenvalue weighted by Gasteiger charge is -2.32. The standard InChI is InChI=1S/C17H23FN2O/c1-13(21)15-6-5-7-16(18)17(15)20-11-8-14(12-20)19-9-3-2-4-10-19/h5-7,14H,2-4,8-12H2,1H3. The minimum atomic E-state index is -0.276. The molecular weight excluding hydrogens is 267 g/mol. The molecule has 2 aliphatic heterocycles. The van der Waals surface area contributed by atoms with Crippen LogP contribution in [-0.4, -0.2) is 42.9 Å². The summed E-state index contributed by atoms with van der Waals surface area (Å²) in [5.74, 6) is -0.340. The van der Waals surface area contributed by atoms with E-state index >= 15 is 0 Å². The number of piperidine rings is 1. The molecule has 2 heterocycles. The molecule has 0 spiro atoms. The molecule has 3 rings (SSSR count). The molecule has 0 aliphatic carbocycles. The number of carbonyl (C=O) groups excluding carboxylic acids is 1. The molecule has 1 aromatic carbocycles. The highest BCUT2D eigenvalue weighted by atomic mass is 19.1. The summed E-state index contributed by atoms with van der Waals surface area (Å²) < 4.78 is 14.2. The van der Waals surface area contributed by atoms with Crippen LogP contribution in [0.1, 0.15) is 43.0 Å². The molecule has 2 saturated heterocycles. The molecule has 0 aromatic heterocycles. The third-order valence-electron chi connectivity index (χ3n) is 4.75. The van der Waals surface area contributed by atoms with Gasteiger partial charge in [-0.3, -0.25) is 9.69 Å². The summed E-state index contributed by atoms with van der Waals surface area (Å²) in [6.07, 6.45) is 4.93. The third-order valence-corrected chi connectivity index (χ3v) is 4.75. The monoisotopic (exact) mass is 290 g/mol. The van der Waals surface area contributed by atoms with Crippen LogP contribution in [0.25, 0.3) is 0 Å². The number of hydrogen-bond acceptors (Lipinski definition) is 3. The van der Waals surface area contributed by atoms with Crippen LogP contribution in [0.2, 0.25) is 0 Å². The van der Waals surface area contributed by atoms with Gasteiger partial charge in [-0.1, -0.05) is 12.5 Å². The van der Waals surface area contributed by atoms with Crippen LogP contribution < -0.4 is 4.90 Å². The fraction of sp³-hybridized carbons (Fsp3) is 0.588. The van der Waals surface area contributed by atoms with E-state index in [4.69, 9.17) is 0 Å². The van der Waals surface area contributed by atoms with Crippen molar-refractivity contribution in [3.63, 3.8) is 0 Å². The molecular formula is C17H23FN2O. The van der Waals surface area contributed by atoms with Gasteiger partial charge in [0, 0.05) is 24.7 Å². The number of carbonyl (C=O) groups is 1. The van der Waals surface area contributed by atoms with Gasteiger partial charge in [0.1, 0.15) is 5.82 Å². The molecule has 1 unspecified atom stereocenters. The fourth-order valence-electron chi connectivity index (χ4n) is 3.65. The Labute approximate surface area is 125 Å². The first kappa shape index (κ1) is 14.5. The second-order valence-corrected chi connectivity index (χ2v) is 6.18. The molecule has 0 radical (unpaired) electrons. The smallest absolute Gasteiger partial charge is 0.161 e. The topological polar surface area (TPSA) is 23.6 Å². The summed E-state index contributed by atoms with van der Waals surface area (Å²) in [4.78, 5) is 16.4. The minimum Gasteiger partial charge on any atom is -0.367 e. The van der Waals surface area contributed by atoms with Gasteiger partial charge in [-0.05, 0) is 51.4 Å². The molecule has 0 N–H and O–H groups in total. The van der Waals surface area contributed by atoms with Gasteiger partial charge < -0.3 is 4.90 Å². The van der Waals surface area contributed by atoms with Crippen LogP contribution in [-0.2, 0) is 0 Å². The van der Waals surface area contributed by atoms with Crippen LogP contribution in [0.5, 0.6) is 0 Å². The minimum absolute atomic E-state index is 0.0640. The molecule has 21 heavy (non-hydrogen) atoms. The normalized spacial score (nSPS) is 23.5. The van der Waals surface area contributed by atoms with E-state index in [9.17, 15) is 9.18 Å². The number of rotatable bonds is 3. The molecule has 1 atom stereocenters. The molecule has 3 nitrogen and oxygen atoms in total. The van der Waals surface area contributed by atoms with Crippen molar-refractivity contribution < 1.29 is 9.18 Å². The second kappa shape index (κ2) is 6.14. The molecule has 1 aromatic rings. The van der Waals surface area contributed by atoms with Gasteiger partial charge >= 0.3 is 0 Å².